The van der Waals surface area contributed by atoms with Crippen molar-refractivity contribution in [2.24, 2.45) is 5.10 Å². The molecule has 2 rings (SSSR count). The first-order valence-electron chi connectivity index (χ1n) is 6.20. The van der Waals surface area contributed by atoms with E-state index in [0.29, 0.717) is 15.6 Å². The van der Waals surface area contributed by atoms with Gasteiger partial charge in [0.2, 0.25) is 0 Å². The number of hydrogen-bond donors (Lipinski definition) is 2. The van der Waals surface area contributed by atoms with E-state index in [9.17, 15) is 14.9 Å². The first-order valence-corrected chi connectivity index (χ1v) is 6.96. The topological polar surface area (TPSA) is 111 Å². The summed E-state index contributed by atoms with van der Waals surface area (Å²) in [5, 5.41) is 15.4. The van der Waals surface area contributed by atoms with Gasteiger partial charge in [-0.2, -0.15) is 5.10 Å². The van der Waals surface area contributed by atoms with E-state index < -0.39 is 10.8 Å². The summed E-state index contributed by atoms with van der Waals surface area (Å²) in [5.74, 6) is -0.637. The Kier molecular flexibility index (Phi) is 5.15. The van der Waals surface area contributed by atoms with E-state index in [1.165, 1.54) is 18.3 Å². The fourth-order valence-electron chi connectivity index (χ4n) is 1.70. The molecule has 0 fully saturated rings. The van der Waals surface area contributed by atoms with Crippen LogP contribution in [0.5, 0.6) is 0 Å². The van der Waals surface area contributed by atoms with Crippen molar-refractivity contribution in [2.75, 3.05) is 5.73 Å². The molecule has 0 heterocycles. The fraction of sp³-hybridized carbons (Fsp3) is 0. The van der Waals surface area contributed by atoms with Gasteiger partial charge in [-0.15, -0.1) is 0 Å². The molecule has 0 bridgehead atoms. The van der Waals surface area contributed by atoms with Crippen molar-refractivity contribution in [1.29, 1.82) is 0 Å². The Labute approximate surface area is 140 Å². The van der Waals surface area contributed by atoms with E-state index in [1.807, 2.05) is 0 Å². The Balaban J connectivity index is 2.13. The lowest BCUT2D eigenvalue weighted by molar-refractivity contribution is -0.384. The van der Waals surface area contributed by atoms with Crippen LogP contribution in [0.1, 0.15) is 15.9 Å². The third-order valence-corrected chi connectivity index (χ3v) is 3.31. The molecule has 0 atom stereocenters. The second kappa shape index (κ2) is 7.08. The molecule has 0 unspecified atom stereocenters. The zero-order valence-corrected chi connectivity index (χ0v) is 13.0. The smallest absolute Gasteiger partial charge is 0.272 e. The summed E-state index contributed by atoms with van der Waals surface area (Å²) >= 11 is 11.7. The van der Waals surface area contributed by atoms with Gasteiger partial charge in [0.1, 0.15) is 0 Å². The number of halogens is 2. The van der Waals surface area contributed by atoms with Gasteiger partial charge >= 0.3 is 0 Å². The Morgan fingerprint density at radius 2 is 2.00 bits per heavy atom. The number of anilines is 1. The number of nitro groups is 1. The molecule has 1 amide bonds. The van der Waals surface area contributed by atoms with Gasteiger partial charge in [0.05, 0.1) is 21.7 Å². The highest BCUT2D eigenvalue weighted by atomic mass is 35.5. The zero-order chi connectivity index (χ0) is 17.0. The van der Waals surface area contributed by atoms with Crippen LogP contribution in [-0.2, 0) is 0 Å². The third-order valence-electron chi connectivity index (χ3n) is 2.75. The number of hydrogen-bond acceptors (Lipinski definition) is 5. The number of carbonyl (C=O) groups excluding carboxylic acids is 1. The largest absolute Gasteiger partial charge is 0.399 e. The van der Waals surface area contributed by atoms with E-state index >= 15 is 0 Å². The van der Waals surface area contributed by atoms with Crippen molar-refractivity contribution in [3.63, 3.8) is 0 Å². The van der Waals surface area contributed by atoms with Gasteiger partial charge in [-0.25, -0.2) is 5.43 Å². The van der Waals surface area contributed by atoms with Crippen molar-refractivity contribution < 1.29 is 9.72 Å². The molecule has 0 aromatic heterocycles. The molecule has 2 aromatic carbocycles. The number of nitro benzene ring substituents is 1. The van der Waals surface area contributed by atoms with E-state index in [0.717, 1.165) is 12.1 Å². The number of nitrogens with zero attached hydrogens (tertiary/aromatic N) is 2. The Morgan fingerprint density at radius 1 is 1.26 bits per heavy atom. The first kappa shape index (κ1) is 16.7. The minimum atomic E-state index is -0.637. The predicted molar refractivity (Wildman–Crippen MR) is 89.0 cm³/mol. The highest BCUT2D eigenvalue weighted by Gasteiger charge is 2.13. The van der Waals surface area contributed by atoms with Crippen molar-refractivity contribution in [3.05, 3.63) is 67.7 Å². The van der Waals surface area contributed by atoms with E-state index in [-0.39, 0.29) is 16.9 Å². The van der Waals surface area contributed by atoms with Crippen LogP contribution in [0.25, 0.3) is 0 Å². The molecule has 0 radical (unpaired) electrons. The number of nitrogen functional groups attached to an aromatic ring is 1. The average Bonchev–Trinajstić information content (AvgIpc) is 2.48. The van der Waals surface area contributed by atoms with Crippen LogP contribution in [0, 0.1) is 10.1 Å². The first-order chi connectivity index (χ1) is 10.9. The average molecular weight is 353 g/mol. The zero-order valence-electron chi connectivity index (χ0n) is 11.5. The van der Waals surface area contributed by atoms with Crippen molar-refractivity contribution in [1.82, 2.24) is 5.43 Å². The SMILES string of the molecule is Nc1cc(C(=O)NN=Cc2ccc(Cl)cc2Cl)cc([N+](=O)[O-])c1. The number of amides is 1. The van der Waals surface area contributed by atoms with Crippen molar-refractivity contribution in [3.8, 4) is 0 Å². The van der Waals surface area contributed by atoms with Crippen molar-refractivity contribution in [2.45, 2.75) is 0 Å². The van der Waals surface area contributed by atoms with Gasteiger partial charge in [0, 0.05) is 28.4 Å². The molecule has 23 heavy (non-hydrogen) atoms. The summed E-state index contributed by atoms with van der Waals surface area (Å²) in [7, 11) is 0. The molecule has 0 aliphatic heterocycles. The lowest BCUT2D eigenvalue weighted by atomic mass is 10.1. The van der Waals surface area contributed by atoms with Crippen LogP contribution in [0.3, 0.4) is 0 Å². The highest BCUT2D eigenvalue weighted by molar-refractivity contribution is 6.36. The van der Waals surface area contributed by atoms with Crippen LogP contribution in [0.2, 0.25) is 10.0 Å². The van der Waals surface area contributed by atoms with Crippen LogP contribution in [-0.4, -0.2) is 17.0 Å². The summed E-state index contributed by atoms with van der Waals surface area (Å²) < 4.78 is 0. The van der Waals surface area contributed by atoms with Crippen LogP contribution >= 0.6 is 23.2 Å². The fourth-order valence-corrected chi connectivity index (χ4v) is 2.16. The summed E-state index contributed by atoms with van der Waals surface area (Å²) in [5.41, 5.74) is 8.18. The maximum absolute atomic E-state index is 11.9. The van der Waals surface area contributed by atoms with Gasteiger partial charge in [-0.05, 0) is 18.2 Å². The highest BCUT2D eigenvalue weighted by Crippen LogP contribution is 2.20. The number of carbonyl (C=O) groups is 1. The molecule has 3 N–H and O–H groups in total. The monoisotopic (exact) mass is 352 g/mol. The second-order valence-corrected chi connectivity index (χ2v) is 5.28. The molecular weight excluding hydrogens is 343 g/mol. The number of non-ortho nitro benzene ring substituents is 1. The molecule has 0 saturated carbocycles. The van der Waals surface area contributed by atoms with Crippen LogP contribution < -0.4 is 11.2 Å². The number of nitrogens with two attached hydrogens (primary N) is 1. The molecule has 0 spiro atoms. The molecule has 7 nitrogen and oxygen atoms in total. The molecule has 9 heteroatoms. The number of rotatable bonds is 4. The minimum absolute atomic E-state index is 0.0241. The van der Waals surface area contributed by atoms with Crippen LogP contribution in [0.4, 0.5) is 11.4 Å². The molecule has 118 valence electrons. The maximum Gasteiger partial charge on any atom is 0.272 e. The van der Waals surface area contributed by atoms with Gasteiger partial charge in [-0.3, -0.25) is 14.9 Å². The Morgan fingerprint density at radius 3 is 2.65 bits per heavy atom. The lowest BCUT2D eigenvalue weighted by Crippen LogP contribution is -2.18. The van der Waals surface area contributed by atoms with E-state index in [2.05, 4.69) is 10.5 Å². The standard InChI is InChI=1S/C14H10Cl2N4O3/c15-10-2-1-8(13(16)5-10)7-18-19-14(21)9-3-11(17)6-12(4-9)20(22)23/h1-7H,17H2,(H,19,21). The number of benzene rings is 2. The van der Waals surface area contributed by atoms with Crippen LogP contribution in [0.15, 0.2) is 41.5 Å². The Bertz CT molecular complexity index is 809. The predicted octanol–water partition coefficient (Wildman–Crippen LogP) is 3.25. The summed E-state index contributed by atoms with van der Waals surface area (Å²) in [6.45, 7) is 0. The maximum atomic E-state index is 11.9. The Hall–Kier alpha value is -2.64. The summed E-state index contributed by atoms with van der Waals surface area (Å²) in [4.78, 5) is 22.1. The quantitative estimate of drug-likeness (QED) is 0.380. The molecule has 0 aliphatic carbocycles. The molecule has 2 aromatic rings. The molecule has 0 aliphatic rings. The normalized spacial score (nSPS) is 10.7. The lowest BCUT2D eigenvalue weighted by Gasteiger charge is -2.02. The van der Waals surface area contributed by atoms with Crippen molar-refractivity contribution >= 4 is 46.7 Å². The minimum Gasteiger partial charge on any atom is -0.399 e. The van der Waals surface area contributed by atoms with Gasteiger partial charge in [0.25, 0.3) is 11.6 Å². The van der Waals surface area contributed by atoms with E-state index in [1.54, 1.807) is 12.1 Å². The third kappa shape index (κ3) is 4.41. The summed E-state index contributed by atoms with van der Waals surface area (Å²) in [6, 6.07) is 8.37. The second-order valence-electron chi connectivity index (χ2n) is 4.44. The van der Waals surface area contributed by atoms with Gasteiger partial charge < -0.3 is 5.73 Å². The number of nitrogens with one attached hydrogen (secondary N) is 1. The summed E-state index contributed by atoms with van der Waals surface area (Å²) in [6.07, 6.45) is 1.33. The molecular formula is C14H10Cl2N4O3. The van der Waals surface area contributed by atoms with Gasteiger partial charge in [0.15, 0.2) is 0 Å². The molecule has 0 saturated heterocycles. The van der Waals surface area contributed by atoms with E-state index in [4.69, 9.17) is 28.9 Å². The van der Waals surface area contributed by atoms with Gasteiger partial charge in [-0.1, -0.05) is 29.3 Å². The number of hydrazone groups is 1.